The van der Waals surface area contributed by atoms with E-state index in [1.54, 1.807) is 0 Å². The predicted octanol–water partition coefficient (Wildman–Crippen LogP) is 5.27. The van der Waals surface area contributed by atoms with Gasteiger partial charge in [-0.3, -0.25) is 4.99 Å². The molecule has 2 aromatic carbocycles. The van der Waals surface area contributed by atoms with E-state index in [1.807, 2.05) is 67.6 Å². The molecule has 5 heteroatoms. The fourth-order valence-corrected chi connectivity index (χ4v) is 4.07. The number of rotatable bonds is 10. The molecule has 0 fully saturated rings. The average Bonchev–Trinajstić information content (AvgIpc) is 3.14. The van der Waals surface area contributed by atoms with Crippen molar-refractivity contribution in [2.75, 3.05) is 0 Å². The molecule has 0 aliphatic carbocycles. The van der Waals surface area contributed by atoms with E-state index in [9.17, 15) is 9.59 Å². The van der Waals surface area contributed by atoms with E-state index in [4.69, 9.17) is 9.47 Å². The summed E-state index contributed by atoms with van der Waals surface area (Å²) < 4.78 is 11.3. The molecule has 1 aliphatic heterocycles. The Balaban J connectivity index is 1.81. The van der Waals surface area contributed by atoms with Crippen molar-refractivity contribution in [1.29, 1.82) is 0 Å². The standard InChI is InChI=1S/C26H31NO4/c1-3-4-7-16-23-17-20(2)27-26(23,24(28)30-18-21-12-8-5-9-13-21)25(29)31-19-22-14-10-6-11-15-22/h5-6,8-15,23H,3-4,7,16-19H2,1-2H3. The van der Waals surface area contributed by atoms with Crippen LogP contribution in [0, 0.1) is 5.92 Å². The molecule has 0 saturated heterocycles. The maximum atomic E-state index is 13.4. The molecule has 0 aromatic heterocycles. The minimum absolute atomic E-state index is 0.101. The number of ether oxygens (including phenoxy) is 2. The fourth-order valence-electron chi connectivity index (χ4n) is 4.07. The maximum Gasteiger partial charge on any atom is 0.346 e. The second kappa shape index (κ2) is 10.9. The number of carbonyl (C=O) groups excluding carboxylic acids is 2. The summed E-state index contributed by atoms with van der Waals surface area (Å²) in [5.41, 5.74) is 0.895. The van der Waals surface area contributed by atoms with Crippen LogP contribution in [0.5, 0.6) is 0 Å². The molecule has 0 spiro atoms. The number of esters is 2. The average molecular weight is 422 g/mol. The highest BCUT2D eigenvalue weighted by Gasteiger charge is 2.57. The number of aliphatic imine (C=N–C) groups is 1. The van der Waals surface area contributed by atoms with Crippen molar-refractivity contribution in [1.82, 2.24) is 0 Å². The van der Waals surface area contributed by atoms with Crippen molar-refractivity contribution in [3.8, 4) is 0 Å². The summed E-state index contributed by atoms with van der Waals surface area (Å²) in [6, 6.07) is 18.9. The maximum absolute atomic E-state index is 13.4. The van der Waals surface area contributed by atoms with Gasteiger partial charge in [-0.1, -0.05) is 86.8 Å². The molecular weight excluding hydrogens is 390 g/mol. The third-order valence-electron chi connectivity index (χ3n) is 5.70. The van der Waals surface area contributed by atoms with E-state index in [-0.39, 0.29) is 19.1 Å². The Bertz CT molecular complexity index is 837. The topological polar surface area (TPSA) is 65.0 Å². The first kappa shape index (κ1) is 22.7. The van der Waals surface area contributed by atoms with Crippen LogP contribution in [0.25, 0.3) is 0 Å². The van der Waals surface area contributed by atoms with Crippen LogP contribution in [0.4, 0.5) is 0 Å². The van der Waals surface area contributed by atoms with Crippen LogP contribution in [-0.4, -0.2) is 23.2 Å². The molecule has 1 heterocycles. The van der Waals surface area contributed by atoms with Gasteiger partial charge in [-0.05, 0) is 30.9 Å². The monoisotopic (exact) mass is 421 g/mol. The minimum Gasteiger partial charge on any atom is -0.459 e. The lowest BCUT2D eigenvalue weighted by Gasteiger charge is -2.29. The number of hydrogen-bond acceptors (Lipinski definition) is 5. The SMILES string of the molecule is CCCCCC1CC(C)=NC1(C(=O)OCc1ccccc1)C(=O)OCc1ccccc1. The molecule has 0 N–H and O–H groups in total. The van der Waals surface area contributed by atoms with Gasteiger partial charge in [-0.25, -0.2) is 9.59 Å². The second-order valence-corrected chi connectivity index (χ2v) is 8.13. The van der Waals surface area contributed by atoms with Gasteiger partial charge in [0.15, 0.2) is 0 Å². The largest absolute Gasteiger partial charge is 0.459 e. The fraction of sp³-hybridized carbons (Fsp3) is 0.423. The highest BCUT2D eigenvalue weighted by Crippen LogP contribution is 2.39. The molecule has 1 atom stereocenters. The molecule has 0 saturated carbocycles. The number of benzene rings is 2. The lowest BCUT2D eigenvalue weighted by atomic mass is 9.80. The van der Waals surface area contributed by atoms with E-state index < -0.39 is 17.5 Å². The van der Waals surface area contributed by atoms with Crippen LogP contribution in [0.3, 0.4) is 0 Å². The molecule has 1 aliphatic rings. The molecule has 31 heavy (non-hydrogen) atoms. The first-order chi connectivity index (χ1) is 15.1. The molecule has 1 unspecified atom stereocenters. The van der Waals surface area contributed by atoms with Gasteiger partial charge in [0, 0.05) is 11.6 Å². The van der Waals surface area contributed by atoms with Gasteiger partial charge in [-0.15, -0.1) is 0 Å². The Morgan fingerprint density at radius 1 is 0.903 bits per heavy atom. The summed E-state index contributed by atoms with van der Waals surface area (Å²) in [6.07, 6.45) is 4.38. The van der Waals surface area contributed by atoms with E-state index in [2.05, 4.69) is 11.9 Å². The Labute approximate surface area is 184 Å². The predicted molar refractivity (Wildman–Crippen MR) is 121 cm³/mol. The third-order valence-corrected chi connectivity index (χ3v) is 5.70. The molecule has 3 rings (SSSR count). The Morgan fingerprint density at radius 3 is 1.90 bits per heavy atom. The van der Waals surface area contributed by atoms with Gasteiger partial charge >= 0.3 is 11.9 Å². The molecular formula is C26H31NO4. The van der Waals surface area contributed by atoms with Crippen molar-refractivity contribution < 1.29 is 19.1 Å². The van der Waals surface area contributed by atoms with Crippen molar-refractivity contribution in [3.63, 3.8) is 0 Å². The molecule has 0 amide bonds. The summed E-state index contributed by atoms with van der Waals surface area (Å²) in [4.78, 5) is 31.3. The van der Waals surface area contributed by atoms with Gasteiger partial charge < -0.3 is 9.47 Å². The number of nitrogens with zero attached hydrogens (tertiary/aromatic N) is 1. The van der Waals surface area contributed by atoms with Crippen LogP contribution >= 0.6 is 0 Å². The van der Waals surface area contributed by atoms with Gasteiger partial charge in [0.2, 0.25) is 0 Å². The van der Waals surface area contributed by atoms with Crippen molar-refractivity contribution in [2.45, 2.75) is 64.7 Å². The van der Waals surface area contributed by atoms with E-state index in [1.165, 1.54) is 0 Å². The lowest BCUT2D eigenvalue weighted by Crippen LogP contribution is -2.51. The minimum atomic E-state index is -1.62. The summed E-state index contributed by atoms with van der Waals surface area (Å²) >= 11 is 0. The second-order valence-electron chi connectivity index (χ2n) is 8.13. The summed E-state index contributed by atoms with van der Waals surface area (Å²) in [6.45, 7) is 4.20. The van der Waals surface area contributed by atoms with E-state index in [0.717, 1.165) is 42.5 Å². The van der Waals surface area contributed by atoms with Crippen molar-refractivity contribution in [2.24, 2.45) is 10.9 Å². The summed E-state index contributed by atoms with van der Waals surface area (Å²) in [7, 11) is 0. The van der Waals surface area contributed by atoms with E-state index in [0.29, 0.717) is 6.42 Å². The molecule has 5 nitrogen and oxygen atoms in total. The first-order valence-electron chi connectivity index (χ1n) is 11.0. The van der Waals surface area contributed by atoms with Crippen molar-refractivity contribution >= 4 is 17.7 Å². The molecule has 2 aromatic rings. The van der Waals surface area contributed by atoms with Crippen LogP contribution in [0.15, 0.2) is 65.7 Å². The van der Waals surface area contributed by atoms with E-state index >= 15 is 0 Å². The Kier molecular flexibility index (Phi) is 7.99. The third kappa shape index (κ3) is 5.60. The lowest BCUT2D eigenvalue weighted by molar-refractivity contribution is -0.168. The summed E-state index contributed by atoms with van der Waals surface area (Å²) in [5.74, 6) is -1.48. The highest BCUT2D eigenvalue weighted by molar-refractivity contribution is 6.10. The molecule has 0 bridgehead atoms. The normalized spacial score (nSPS) is 17.1. The van der Waals surface area contributed by atoms with Gasteiger partial charge in [0.25, 0.3) is 5.54 Å². The van der Waals surface area contributed by atoms with Crippen LogP contribution in [0.1, 0.15) is 57.1 Å². The Morgan fingerprint density at radius 2 is 1.42 bits per heavy atom. The zero-order valence-corrected chi connectivity index (χ0v) is 18.4. The number of carbonyl (C=O) groups is 2. The Hall–Kier alpha value is -2.95. The molecule has 164 valence electrons. The van der Waals surface area contributed by atoms with Gasteiger partial charge in [-0.2, -0.15) is 0 Å². The smallest absolute Gasteiger partial charge is 0.346 e. The van der Waals surface area contributed by atoms with Gasteiger partial charge in [0.05, 0.1) is 0 Å². The van der Waals surface area contributed by atoms with Crippen LogP contribution < -0.4 is 0 Å². The van der Waals surface area contributed by atoms with Crippen LogP contribution in [0.2, 0.25) is 0 Å². The van der Waals surface area contributed by atoms with Crippen LogP contribution in [-0.2, 0) is 32.3 Å². The zero-order chi connectivity index (χ0) is 22.1. The number of hydrogen-bond donors (Lipinski definition) is 0. The summed E-state index contributed by atoms with van der Waals surface area (Å²) in [5, 5.41) is 0. The first-order valence-corrected chi connectivity index (χ1v) is 11.0. The van der Waals surface area contributed by atoms with Crippen molar-refractivity contribution in [3.05, 3.63) is 71.8 Å². The molecule has 0 radical (unpaired) electrons. The zero-order valence-electron chi connectivity index (χ0n) is 18.4. The van der Waals surface area contributed by atoms with Gasteiger partial charge in [0.1, 0.15) is 13.2 Å². The highest BCUT2D eigenvalue weighted by atomic mass is 16.6. The quantitative estimate of drug-likeness (QED) is 0.298. The number of unbranched alkanes of at least 4 members (excludes halogenated alkanes) is 2.